The number of hydrogen-bond acceptors (Lipinski definition) is 3. The first kappa shape index (κ1) is 16.3. The lowest BCUT2D eigenvalue weighted by Crippen LogP contribution is -2.45. The van der Waals surface area contributed by atoms with E-state index in [4.69, 9.17) is 4.74 Å². The second-order valence-corrected chi connectivity index (χ2v) is 6.63. The SMILES string of the molecule is COCC1CCCN(C(=O)CC2(C(=O)O)CCCCC2)C1. The highest BCUT2D eigenvalue weighted by Crippen LogP contribution is 2.40. The summed E-state index contributed by atoms with van der Waals surface area (Å²) in [4.78, 5) is 26.1. The Morgan fingerprint density at radius 2 is 1.95 bits per heavy atom. The number of carboxylic acids is 1. The van der Waals surface area contributed by atoms with Gasteiger partial charge in [0.05, 0.1) is 12.0 Å². The van der Waals surface area contributed by atoms with Crippen molar-refractivity contribution in [3.05, 3.63) is 0 Å². The zero-order valence-electron chi connectivity index (χ0n) is 13.0. The Morgan fingerprint density at radius 3 is 2.57 bits per heavy atom. The minimum absolute atomic E-state index is 0.0140. The molecule has 2 fully saturated rings. The molecule has 2 aliphatic rings. The quantitative estimate of drug-likeness (QED) is 0.845. The number of carbonyl (C=O) groups is 2. The third kappa shape index (κ3) is 3.96. The van der Waals surface area contributed by atoms with E-state index in [1.165, 1.54) is 0 Å². The summed E-state index contributed by atoms with van der Waals surface area (Å²) >= 11 is 0. The molecule has 0 spiro atoms. The molecule has 0 bridgehead atoms. The summed E-state index contributed by atoms with van der Waals surface area (Å²) in [6.45, 7) is 2.14. The van der Waals surface area contributed by atoms with Gasteiger partial charge in [-0.2, -0.15) is 0 Å². The van der Waals surface area contributed by atoms with E-state index in [0.717, 1.165) is 38.6 Å². The molecule has 2 rings (SSSR count). The van der Waals surface area contributed by atoms with Crippen LogP contribution in [0.15, 0.2) is 0 Å². The molecule has 1 amide bonds. The van der Waals surface area contributed by atoms with Crippen LogP contribution in [0.5, 0.6) is 0 Å². The standard InChI is InChI=1S/C16H27NO4/c1-21-12-13-6-5-9-17(11-13)14(18)10-16(15(19)20)7-3-2-4-8-16/h13H,2-12H2,1H3,(H,19,20). The maximum Gasteiger partial charge on any atom is 0.310 e. The number of aliphatic carboxylic acids is 1. The van der Waals surface area contributed by atoms with Crippen LogP contribution >= 0.6 is 0 Å². The van der Waals surface area contributed by atoms with Crippen LogP contribution in [-0.4, -0.2) is 48.7 Å². The zero-order valence-corrected chi connectivity index (χ0v) is 13.0. The maximum absolute atomic E-state index is 12.5. The van der Waals surface area contributed by atoms with Gasteiger partial charge in [0.15, 0.2) is 0 Å². The summed E-state index contributed by atoms with van der Waals surface area (Å²) in [5.74, 6) is -0.388. The molecule has 0 radical (unpaired) electrons. The number of carboxylic acid groups (broad SMARTS) is 1. The molecule has 1 unspecified atom stereocenters. The van der Waals surface area contributed by atoms with Crippen molar-refractivity contribution in [1.29, 1.82) is 0 Å². The van der Waals surface area contributed by atoms with Gasteiger partial charge in [0.25, 0.3) is 0 Å². The van der Waals surface area contributed by atoms with E-state index in [2.05, 4.69) is 0 Å². The number of piperidine rings is 1. The van der Waals surface area contributed by atoms with E-state index in [1.54, 1.807) is 7.11 Å². The van der Waals surface area contributed by atoms with Crippen molar-refractivity contribution in [2.45, 2.75) is 51.4 Å². The molecular formula is C16H27NO4. The fourth-order valence-electron chi connectivity index (χ4n) is 3.76. The smallest absolute Gasteiger partial charge is 0.310 e. The summed E-state index contributed by atoms with van der Waals surface area (Å²) < 4.78 is 5.19. The molecule has 1 saturated heterocycles. The van der Waals surface area contributed by atoms with E-state index in [0.29, 0.717) is 31.9 Å². The largest absolute Gasteiger partial charge is 0.481 e. The molecular weight excluding hydrogens is 270 g/mol. The molecule has 1 aliphatic heterocycles. The van der Waals surface area contributed by atoms with Gasteiger partial charge in [0, 0.05) is 26.6 Å². The summed E-state index contributed by atoms with van der Waals surface area (Å²) in [7, 11) is 1.68. The van der Waals surface area contributed by atoms with Crippen molar-refractivity contribution in [2.75, 3.05) is 26.8 Å². The molecule has 1 heterocycles. The second kappa shape index (κ2) is 7.25. The second-order valence-electron chi connectivity index (χ2n) is 6.63. The number of amides is 1. The Labute approximate surface area is 126 Å². The number of likely N-dealkylation sites (tertiary alicyclic amines) is 1. The number of nitrogens with zero attached hydrogens (tertiary/aromatic N) is 1. The van der Waals surface area contributed by atoms with Crippen LogP contribution in [0, 0.1) is 11.3 Å². The minimum Gasteiger partial charge on any atom is -0.481 e. The molecule has 1 atom stereocenters. The summed E-state index contributed by atoms with van der Waals surface area (Å²) in [6.07, 6.45) is 6.46. The van der Waals surface area contributed by atoms with Crippen molar-refractivity contribution in [2.24, 2.45) is 11.3 Å². The summed E-state index contributed by atoms with van der Waals surface area (Å²) in [5.41, 5.74) is -0.816. The molecule has 0 aromatic carbocycles. The van der Waals surface area contributed by atoms with Gasteiger partial charge in [0.2, 0.25) is 5.91 Å². The van der Waals surface area contributed by atoms with Gasteiger partial charge in [0.1, 0.15) is 0 Å². The van der Waals surface area contributed by atoms with Crippen LogP contribution in [0.2, 0.25) is 0 Å². The van der Waals surface area contributed by atoms with Gasteiger partial charge in [-0.25, -0.2) is 0 Å². The molecule has 0 aromatic heterocycles. The van der Waals surface area contributed by atoms with Crippen LogP contribution in [0.25, 0.3) is 0 Å². The first-order valence-corrected chi connectivity index (χ1v) is 8.07. The topological polar surface area (TPSA) is 66.8 Å². The van der Waals surface area contributed by atoms with Gasteiger partial charge in [-0.15, -0.1) is 0 Å². The van der Waals surface area contributed by atoms with Gasteiger partial charge < -0.3 is 14.7 Å². The monoisotopic (exact) mass is 297 g/mol. The van der Waals surface area contributed by atoms with Crippen molar-refractivity contribution < 1.29 is 19.4 Å². The van der Waals surface area contributed by atoms with E-state index in [9.17, 15) is 14.7 Å². The predicted octanol–water partition coefficient (Wildman–Crippen LogP) is 2.30. The van der Waals surface area contributed by atoms with E-state index < -0.39 is 11.4 Å². The third-order valence-corrected chi connectivity index (χ3v) is 5.03. The van der Waals surface area contributed by atoms with Crippen LogP contribution < -0.4 is 0 Å². The molecule has 0 aromatic rings. The van der Waals surface area contributed by atoms with Crippen LogP contribution in [0.3, 0.4) is 0 Å². The molecule has 1 aliphatic carbocycles. The highest BCUT2D eigenvalue weighted by Gasteiger charge is 2.42. The van der Waals surface area contributed by atoms with Crippen LogP contribution in [0.4, 0.5) is 0 Å². The highest BCUT2D eigenvalue weighted by molar-refractivity contribution is 5.85. The van der Waals surface area contributed by atoms with Crippen molar-refractivity contribution >= 4 is 11.9 Å². The molecule has 5 nitrogen and oxygen atoms in total. The van der Waals surface area contributed by atoms with E-state index in [-0.39, 0.29) is 12.3 Å². The lowest BCUT2D eigenvalue weighted by atomic mass is 9.71. The van der Waals surface area contributed by atoms with Crippen molar-refractivity contribution in [3.8, 4) is 0 Å². The van der Waals surface area contributed by atoms with Gasteiger partial charge >= 0.3 is 5.97 Å². The average Bonchev–Trinajstić information content (AvgIpc) is 2.48. The molecule has 1 saturated carbocycles. The normalized spacial score (nSPS) is 25.6. The first-order valence-electron chi connectivity index (χ1n) is 8.07. The van der Waals surface area contributed by atoms with Crippen molar-refractivity contribution in [1.82, 2.24) is 4.90 Å². The zero-order chi connectivity index (χ0) is 15.3. The maximum atomic E-state index is 12.5. The fraction of sp³-hybridized carbons (Fsp3) is 0.875. The Hall–Kier alpha value is -1.10. The van der Waals surface area contributed by atoms with E-state index >= 15 is 0 Å². The Bertz CT molecular complexity index is 374. The first-order chi connectivity index (χ1) is 10.1. The fourth-order valence-corrected chi connectivity index (χ4v) is 3.76. The number of ether oxygens (including phenoxy) is 1. The van der Waals surface area contributed by atoms with Crippen LogP contribution in [-0.2, 0) is 14.3 Å². The third-order valence-electron chi connectivity index (χ3n) is 5.03. The highest BCUT2D eigenvalue weighted by atomic mass is 16.5. The van der Waals surface area contributed by atoms with E-state index in [1.807, 2.05) is 4.90 Å². The number of hydrogen-bond donors (Lipinski definition) is 1. The molecule has 5 heteroatoms. The molecule has 120 valence electrons. The number of rotatable bonds is 5. The van der Waals surface area contributed by atoms with Gasteiger partial charge in [-0.05, 0) is 31.6 Å². The van der Waals surface area contributed by atoms with Gasteiger partial charge in [-0.1, -0.05) is 19.3 Å². The number of methoxy groups -OCH3 is 1. The Morgan fingerprint density at radius 1 is 1.24 bits per heavy atom. The minimum atomic E-state index is -0.816. The molecule has 1 N–H and O–H groups in total. The predicted molar refractivity (Wildman–Crippen MR) is 79.0 cm³/mol. The lowest BCUT2D eigenvalue weighted by molar-refractivity contribution is -0.156. The summed E-state index contributed by atoms with van der Waals surface area (Å²) in [5, 5.41) is 9.58. The Kier molecular flexibility index (Phi) is 5.62. The summed E-state index contributed by atoms with van der Waals surface area (Å²) in [6, 6.07) is 0. The van der Waals surface area contributed by atoms with Crippen LogP contribution in [0.1, 0.15) is 51.4 Å². The van der Waals surface area contributed by atoms with Gasteiger partial charge in [-0.3, -0.25) is 9.59 Å². The molecule has 21 heavy (non-hydrogen) atoms. The average molecular weight is 297 g/mol. The number of carbonyl (C=O) groups excluding carboxylic acids is 1. The Balaban J connectivity index is 1.97. The van der Waals surface area contributed by atoms with Crippen molar-refractivity contribution in [3.63, 3.8) is 0 Å². The lowest BCUT2D eigenvalue weighted by Gasteiger charge is -2.37.